The van der Waals surface area contributed by atoms with E-state index in [4.69, 9.17) is 9.15 Å². The van der Waals surface area contributed by atoms with Gasteiger partial charge in [0.1, 0.15) is 5.92 Å². The van der Waals surface area contributed by atoms with Crippen molar-refractivity contribution in [1.29, 1.82) is 0 Å². The molecule has 1 aromatic carbocycles. The molecule has 1 atom stereocenters. The number of oxazole rings is 1. The van der Waals surface area contributed by atoms with Crippen LogP contribution in [0.2, 0.25) is 0 Å². The molecule has 3 heterocycles. The average molecular weight is 456 g/mol. The molecule has 4 rings (SSSR count). The lowest BCUT2D eigenvalue weighted by molar-refractivity contribution is -0.121. The monoisotopic (exact) mass is 456 g/mol. The molecule has 1 aliphatic heterocycles. The third-order valence-corrected chi connectivity index (χ3v) is 5.17. The Morgan fingerprint density at radius 3 is 2.70 bits per heavy atom. The summed E-state index contributed by atoms with van der Waals surface area (Å²) < 4.78 is 37.2. The molecular weight excluding hydrogens is 438 g/mol. The van der Waals surface area contributed by atoms with Crippen molar-refractivity contribution >= 4 is 23.5 Å². The molecule has 33 heavy (non-hydrogen) atoms. The minimum atomic E-state index is -1.21. The van der Waals surface area contributed by atoms with Gasteiger partial charge in [0.15, 0.2) is 23.1 Å². The Kier molecular flexibility index (Phi) is 5.86. The Hall–Kier alpha value is -4.15. The molecule has 0 radical (unpaired) electrons. The van der Waals surface area contributed by atoms with Crippen LogP contribution in [0.4, 0.5) is 14.7 Å². The van der Waals surface area contributed by atoms with Gasteiger partial charge in [-0.15, -0.1) is 0 Å². The number of nitrogens with zero attached hydrogens (tertiary/aromatic N) is 3. The fourth-order valence-electron chi connectivity index (χ4n) is 3.42. The number of Topliss-reactive ketones (excluding diaryl/α,β-unsaturated/α-hetero) is 1. The molecule has 0 fully saturated rings. The number of ether oxygens (including phenoxy) is 1. The van der Waals surface area contributed by atoms with Crippen molar-refractivity contribution in [2.75, 3.05) is 19.1 Å². The van der Waals surface area contributed by atoms with Gasteiger partial charge in [0.2, 0.25) is 17.7 Å². The molecule has 3 aromatic rings. The number of halogens is 2. The minimum absolute atomic E-state index is 0.117. The number of nitrogens with one attached hydrogen (secondary N) is 1. The number of anilines is 1. The number of amides is 2. The third-order valence-electron chi connectivity index (χ3n) is 5.17. The van der Waals surface area contributed by atoms with E-state index < -0.39 is 35.1 Å². The van der Waals surface area contributed by atoms with Gasteiger partial charge in [-0.3, -0.25) is 19.3 Å². The number of carbonyl (C=O) groups is 3. The largest absolute Gasteiger partial charge is 0.481 e. The van der Waals surface area contributed by atoms with Gasteiger partial charge < -0.3 is 14.5 Å². The van der Waals surface area contributed by atoms with E-state index in [1.54, 1.807) is 12.1 Å². The van der Waals surface area contributed by atoms with Crippen LogP contribution in [-0.4, -0.2) is 41.7 Å². The van der Waals surface area contributed by atoms with Crippen molar-refractivity contribution < 1.29 is 32.3 Å². The molecule has 170 valence electrons. The molecule has 11 heteroatoms. The second-order valence-corrected chi connectivity index (χ2v) is 7.33. The molecule has 0 spiro atoms. The number of ketones is 1. The van der Waals surface area contributed by atoms with E-state index in [1.165, 1.54) is 26.4 Å². The van der Waals surface area contributed by atoms with Gasteiger partial charge in [-0.05, 0) is 35.7 Å². The van der Waals surface area contributed by atoms with Crippen LogP contribution >= 0.6 is 0 Å². The van der Waals surface area contributed by atoms with E-state index >= 15 is 0 Å². The third kappa shape index (κ3) is 4.29. The molecular formula is C22H18F2N4O5. The van der Waals surface area contributed by atoms with E-state index in [2.05, 4.69) is 15.3 Å². The number of carbonyl (C=O) groups excluding carboxylic acids is 3. The van der Waals surface area contributed by atoms with Crippen LogP contribution in [0.3, 0.4) is 0 Å². The van der Waals surface area contributed by atoms with Crippen LogP contribution in [0, 0.1) is 17.6 Å². The molecule has 9 nitrogen and oxygen atoms in total. The van der Waals surface area contributed by atoms with E-state index in [-0.39, 0.29) is 36.0 Å². The molecule has 1 N–H and O–H groups in total. The summed E-state index contributed by atoms with van der Waals surface area (Å²) in [4.78, 5) is 47.2. The molecule has 2 amide bonds. The van der Waals surface area contributed by atoms with Gasteiger partial charge in [0, 0.05) is 25.9 Å². The topological polar surface area (TPSA) is 115 Å². The highest BCUT2D eigenvalue weighted by Crippen LogP contribution is 2.32. The molecule has 1 aliphatic rings. The van der Waals surface area contributed by atoms with E-state index in [1.807, 2.05) is 0 Å². The van der Waals surface area contributed by atoms with Crippen LogP contribution in [0.15, 0.2) is 40.9 Å². The molecule has 0 saturated heterocycles. The maximum atomic E-state index is 13.5. The Balaban J connectivity index is 1.52. The lowest BCUT2D eigenvalue weighted by Crippen LogP contribution is -2.43. The molecule has 0 aliphatic carbocycles. The standard InChI is InChI=1S/C22H18F2N4O5/c1-28-21(31)13(7-11-3-4-14(23)15(24)8-11)18(29)17-22(28)33-20(27-17)19(30)26-10-12-5-6-25-16(9-12)32-2/h3-6,8-9,13H,7,10H2,1-2H3,(H,26,30). The van der Waals surface area contributed by atoms with Gasteiger partial charge in [0.25, 0.3) is 5.89 Å². The first-order valence-electron chi connectivity index (χ1n) is 9.82. The predicted molar refractivity (Wildman–Crippen MR) is 110 cm³/mol. The average Bonchev–Trinajstić information content (AvgIpc) is 3.27. The second-order valence-electron chi connectivity index (χ2n) is 7.33. The Morgan fingerprint density at radius 1 is 1.18 bits per heavy atom. The van der Waals surface area contributed by atoms with Crippen LogP contribution in [0.5, 0.6) is 5.88 Å². The normalized spacial score (nSPS) is 15.4. The predicted octanol–water partition coefficient (Wildman–Crippen LogP) is 2.30. The number of benzene rings is 1. The number of rotatable bonds is 6. The lowest BCUT2D eigenvalue weighted by Gasteiger charge is -2.25. The number of hydrogen-bond acceptors (Lipinski definition) is 7. The number of aromatic nitrogens is 2. The summed E-state index contributed by atoms with van der Waals surface area (Å²) in [5.41, 5.74) is 0.800. The van der Waals surface area contributed by atoms with Crippen molar-refractivity contribution in [3.8, 4) is 5.88 Å². The highest BCUT2D eigenvalue weighted by molar-refractivity contribution is 6.20. The lowest BCUT2D eigenvalue weighted by atomic mass is 9.90. The first kappa shape index (κ1) is 22.1. The molecule has 0 bridgehead atoms. The van der Waals surface area contributed by atoms with E-state index in [0.717, 1.165) is 17.0 Å². The fourth-order valence-corrected chi connectivity index (χ4v) is 3.42. The highest BCUT2D eigenvalue weighted by atomic mass is 19.2. The Labute approximate surface area is 186 Å². The van der Waals surface area contributed by atoms with Gasteiger partial charge in [-0.25, -0.2) is 13.8 Å². The van der Waals surface area contributed by atoms with Crippen molar-refractivity contribution in [1.82, 2.24) is 15.3 Å². The van der Waals surface area contributed by atoms with Crippen molar-refractivity contribution in [2.45, 2.75) is 13.0 Å². The van der Waals surface area contributed by atoms with Gasteiger partial charge in [-0.2, -0.15) is 4.98 Å². The summed E-state index contributed by atoms with van der Waals surface area (Å²) in [5.74, 6) is -5.44. The van der Waals surface area contributed by atoms with E-state index in [0.29, 0.717) is 11.4 Å². The second kappa shape index (κ2) is 8.77. The van der Waals surface area contributed by atoms with Crippen LogP contribution in [-0.2, 0) is 17.8 Å². The molecule has 0 saturated carbocycles. The summed E-state index contributed by atoms with van der Waals surface area (Å²) in [5, 5.41) is 2.61. The first-order valence-corrected chi connectivity index (χ1v) is 9.82. The number of hydrogen-bond donors (Lipinski definition) is 1. The van der Waals surface area contributed by atoms with Gasteiger partial charge >= 0.3 is 5.91 Å². The van der Waals surface area contributed by atoms with Crippen LogP contribution in [0.25, 0.3) is 0 Å². The zero-order chi connectivity index (χ0) is 23.7. The number of methoxy groups -OCH3 is 1. The van der Waals surface area contributed by atoms with Crippen LogP contribution < -0.4 is 15.0 Å². The van der Waals surface area contributed by atoms with Gasteiger partial charge in [0.05, 0.1) is 7.11 Å². The number of pyridine rings is 1. The zero-order valence-corrected chi connectivity index (χ0v) is 17.6. The van der Waals surface area contributed by atoms with Crippen LogP contribution in [0.1, 0.15) is 32.3 Å². The summed E-state index contributed by atoms with van der Waals surface area (Å²) in [7, 11) is 2.85. The van der Waals surface area contributed by atoms with Crippen molar-refractivity contribution in [2.24, 2.45) is 5.92 Å². The first-order chi connectivity index (χ1) is 15.8. The fraction of sp³-hybridized carbons (Fsp3) is 0.227. The van der Waals surface area contributed by atoms with Crippen molar-refractivity contribution in [3.05, 3.63) is 70.9 Å². The van der Waals surface area contributed by atoms with Gasteiger partial charge in [-0.1, -0.05) is 6.07 Å². The maximum Gasteiger partial charge on any atom is 0.307 e. The number of fused-ring (bicyclic) bond motifs is 1. The zero-order valence-electron chi connectivity index (χ0n) is 17.6. The SMILES string of the molecule is COc1cc(CNC(=O)c2nc3c(o2)N(C)C(=O)C(Cc2ccc(F)c(F)c2)C3=O)ccn1. The smallest absolute Gasteiger partial charge is 0.307 e. The quantitative estimate of drug-likeness (QED) is 0.566. The molecule has 1 unspecified atom stereocenters. The minimum Gasteiger partial charge on any atom is -0.481 e. The summed E-state index contributed by atoms with van der Waals surface area (Å²) in [6.45, 7) is 0.117. The summed E-state index contributed by atoms with van der Waals surface area (Å²) in [6.07, 6.45) is 1.37. The Morgan fingerprint density at radius 2 is 1.97 bits per heavy atom. The van der Waals surface area contributed by atoms with Crippen molar-refractivity contribution in [3.63, 3.8) is 0 Å². The Bertz CT molecular complexity index is 1260. The highest BCUT2D eigenvalue weighted by Gasteiger charge is 2.42. The summed E-state index contributed by atoms with van der Waals surface area (Å²) in [6, 6.07) is 6.47. The van der Waals surface area contributed by atoms with E-state index in [9.17, 15) is 23.2 Å². The maximum absolute atomic E-state index is 13.5. The molecule has 2 aromatic heterocycles. The summed E-state index contributed by atoms with van der Waals surface area (Å²) >= 11 is 0.